The van der Waals surface area contributed by atoms with E-state index in [1.54, 1.807) is 91.0 Å². The van der Waals surface area contributed by atoms with E-state index in [1.165, 1.54) is 0 Å². The summed E-state index contributed by atoms with van der Waals surface area (Å²) in [4.78, 5) is 10.8. The van der Waals surface area contributed by atoms with Crippen LogP contribution in [0.15, 0.2) is 91.0 Å². The maximum Gasteiger partial charge on any atom is 0.444 e. The molecule has 138 valence electrons. The zero-order valence-corrected chi connectivity index (χ0v) is 15.3. The summed E-state index contributed by atoms with van der Waals surface area (Å²) in [6.45, 7) is -0.582. The van der Waals surface area contributed by atoms with Crippen molar-refractivity contribution in [3.8, 4) is 11.5 Å². The molecule has 0 radical (unpaired) electrons. The molecule has 0 fully saturated rings. The van der Waals surface area contributed by atoms with Gasteiger partial charge in [-0.25, -0.2) is 4.57 Å². The minimum absolute atomic E-state index is 0.320. The SMILES string of the molecule is O=[N+]([O-])C[C@@H](c1ccccc1)P(=O)(Oc1ccccc1)Oc1ccccc1. The zero-order chi connectivity index (χ0) is 19.1. The smallest absolute Gasteiger partial charge is 0.415 e. The van der Waals surface area contributed by atoms with E-state index in [-0.39, 0.29) is 0 Å². The molecule has 0 bridgehead atoms. The van der Waals surface area contributed by atoms with Crippen molar-refractivity contribution in [2.24, 2.45) is 0 Å². The van der Waals surface area contributed by atoms with Crippen molar-refractivity contribution in [1.29, 1.82) is 0 Å². The molecule has 0 aliphatic rings. The maximum absolute atomic E-state index is 13.8. The molecule has 3 aromatic carbocycles. The van der Waals surface area contributed by atoms with Gasteiger partial charge in [0, 0.05) is 4.92 Å². The first-order valence-electron chi connectivity index (χ1n) is 8.32. The summed E-state index contributed by atoms with van der Waals surface area (Å²) in [7, 11) is -3.99. The lowest BCUT2D eigenvalue weighted by Crippen LogP contribution is -2.18. The number of para-hydroxylation sites is 2. The fourth-order valence-corrected chi connectivity index (χ4v) is 4.60. The average molecular weight is 383 g/mol. The lowest BCUT2D eigenvalue weighted by atomic mass is 10.1. The number of nitro groups is 1. The van der Waals surface area contributed by atoms with Gasteiger partial charge in [-0.05, 0) is 29.8 Å². The van der Waals surface area contributed by atoms with Gasteiger partial charge in [0.1, 0.15) is 11.5 Å². The summed E-state index contributed by atoms with van der Waals surface area (Å²) >= 11 is 0. The van der Waals surface area contributed by atoms with E-state index < -0.39 is 24.7 Å². The van der Waals surface area contributed by atoms with Crippen LogP contribution in [0.1, 0.15) is 11.2 Å². The minimum atomic E-state index is -3.99. The summed E-state index contributed by atoms with van der Waals surface area (Å²) < 4.78 is 25.3. The topological polar surface area (TPSA) is 78.7 Å². The van der Waals surface area contributed by atoms with Crippen LogP contribution in [-0.4, -0.2) is 11.5 Å². The number of rotatable bonds is 8. The summed E-state index contributed by atoms with van der Waals surface area (Å²) in [6, 6.07) is 25.7. The molecule has 1 atom stereocenters. The van der Waals surface area contributed by atoms with Crippen molar-refractivity contribution in [3.05, 3.63) is 107 Å². The van der Waals surface area contributed by atoms with E-state index >= 15 is 0 Å². The van der Waals surface area contributed by atoms with Gasteiger partial charge in [-0.1, -0.05) is 66.7 Å². The number of hydrogen-bond acceptors (Lipinski definition) is 5. The molecule has 0 saturated carbocycles. The van der Waals surface area contributed by atoms with Crippen LogP contribution in [0, 0.1) is 10.1 Å². The van der Waals surface area contributed by atoms with Gasteiger partial charge in [-0.15, -0.1) is 0 Å². The van der Waals surface area contributed by atoms with E-state index in [0.29, 0.717) is 17.1 Å². The predicted molar refractivity (Wildman–Crippen MR) is 103 cm³/mol. The second-order valence-electron chi connectivity index (χ2n) is 5.79. The summed E-state index contributed by atoms with van der Waals surface area (Å²) in [5.41, 5.74) is -0.543. The fraction of sp³-hybridized carbons (Fsp3) is 0.100. The summed E-state index contributed by atoms with van der Waals surface area (Å²) in [5.74, 6) is 0.641. The highest BCUT2D eigenvalue weighted by molar-refractivity contribution is 7.55. The third-order valence-electron chi connectivity index (χ3n) is 3.84. The van der Waals surface area contributed by atoms with Crippen molar-refractivity contribution >= 4 is 7.60 Å². The van der Waals surface area contributed by atoms with Gasteiger partial charge >= 0.3 is 7.60 Å². The molecule has 0 N–H and O–H groups in total. The zero-order valence-electron chi connectivity index (χ0n) is 14.4. The van der Waals surface area contributed by atoms with Gasteiger partial charge in [0.05, 0.1) is 0 Å². The molecule has 0 heterocycles. The quantitative estimate of drug-likeness (QED) is 0.297. The Labute approximate surface area is 157 Å². The van der Waals surface area contributed by atoms with E-state index in [4.69, 9.17) is 9.05 Å². The van der Waals surface area contributed by atoms with Gasteiger partial charge in [-0.2, -0.15) is 0 Å². The van der Waals surface area contributed by atoms with Crippen LogP contribution in [0.2, 0.25) is 0 Å². The Hall–Kier alpha value is -3.11. The molecule has 0 saturated heterocycles. The molecule has 0 unspecified atom stereocenters. The molecular weight excluding hydrogens is 365 g/mol. The molecule has 0 aromatic heterocycles. The van der Waals surface area contributed by atoms with Gasteiger partial charge in [0.25, 0.3) is 0 Å². The van der Waals surface area contributed by atoms with Crippen molar-refractivity contribution in [3.63, 3.8) is 0 Å². The van der Waals surface area contributed by atoms with Gasteiger partial charge < -0.3 is 9.05 Å². The van der Waals surface area contributed by atoms with E-state index in [9.17, 15) is 14.7 Å². The largest absolute Gasteiger partial charge is 0.444 e. The number of benzene rings is 3. The second kappa shape index (κ2) is 8.52. The normalized spacial score (nSPS) is 12.1. The molecule has 0 aliphatic carbocycles. The van der Waals surface area contributed by atoms with Crippen LogP contribution >= 0.6 is 7.60 Å². The standard InChI is InChI=1S/C20H18NO5P/c22-21(23)16-20(17-10-4-1-5-11-17)27(24,25-18-12-6-2-7-13-18)26-19-14-8-3-9-15-19/h1-15,20H,16H2/t20-/m0/s1. The molecule has 7 heteroatoms. The maximum atomic E-state index is 13.8. The van der Waals surface area contributed by atoms with E-state index in [0.717, 1.165) is 0 Å². The third-order valence-corrected chi connectivity index (χ3v) is 6.00. The lowest BCUT2D eigenvalue weighted by Gasteiger charge is -2.25. The first kappa shape index (κ1) is 18.7. The van der Waals surface area contributed by atoms with E-state index in [2.05, 4.69) is 0 Å². The van der Waals surface area contributed by atoms with Crippen molar-refractivity contribution in [2.45, 2.75) is 5.66 Å². The van der Waals surface area contributed by atoms with Crippen LogP contribution in [0.5, 0.6) is 11.5 Å². The molecule has 6 nitrogen and oxygen atoms in total. The molecule has 0 spiro atoms. The first-order valence-corrected chi connectivity index (χ1v) is 9.94. The van der Waals surface area contributed by atoms with Crippen molar-refractivity contribution in [2.75, 3.05) is 6.54 Å². The van der Waals surface area contributed by atoms with Crippen LogP contribution in [0.25, 0.3) is 0 Å². The third kappa shape index (κ3) is 4.96. The average Bonchev–Trinajstić information content (AvgIpc) is 2.68. The van der Waals surface area contributed by atoms with E-state index in [1.807, 2.05) is 0 Å². The highest BCUT2D eigenvalue weighted by Gasteiger charge is 2.44. The molecule has 27 heavy (non-hydrogen) atoms. The molecular formula is C20H18NO5P. The molecule has 3 rings (SSSR count). The highest BCUT2D eigenvalue weighted by Crippen LogP contribution is 2.60. The van der Waals surface area contributed by atoms with Gasteiger partial charge in [-0.3, -0.25) is 10.1 Å². The number of nitrogens with zero attached hydrogens (tertiary/aromatic N) is 1. The van der Waals surface area contributed by atoms with Crippen LogP contribution in [0.4, 0.5) is 0 Å². The summed E-state index contributed by atoms with van der Waals surface area (Å²) in [6.07, 6.45) is 0. The Bertz CT molecular complexity index is 873. The lowest BCUT2D eigenvalue weighted by molar-refractivity contribution is -0.480. The Morgan fingerprint density at radius 1 is 0.778 bits per heavy atom. The summed E-state index contributed by atoms with van der Waals surface area (Å²) in [5, 5.41) is 11.3. The Balaban J connectivity index is 2.04. The van der Waals surface area contributed by atoms with Crippen molar-refractivity contribution < 1.29 is 18.5 Å². The fourth-order valence-electron chi connectivity index (χ4n) is 2.61. The Morgan fingerprint density at radius 3 is 1.59 bits per heavy atom. The Morgan fingerprint density at radius 2 is 1.19 bits per heavy atom. The Kier molecular flexibility index (Phi) is 5.89. The van der Waals surface area contributed by atoms with Gasteiger partial charge in [0.15, 0.2) is 5.66 Å². The monoisotopic (exact) mass is 383 g/mol. The highest BCUT2D eigenvalue weighted by atomic mass is 31.2. The van der Waals surface area contributed by atoms with Crippen LogP contribution in [-0.2, 0) is 4.57 Å². The van der Waals surface area contributed by atoms with Gasteiger partial charge in [0.2, 0.25) is 6.54 Å². The van der Waals surface area contributed by atoms with Crippen molar-refractivity contribution in [1.82, 2.24) is 0 Å². The second-order valence-corrected chi connectivity index (χ2v) is 7.86. The first-order chi connectivity index (χ1) is 13.1. The van der Waals surface area contributed by atoms with Crippen LogP contribution < -0.4 is 9.05 Å². The molecule has 0 aliphatic heterocycles. The predicted octanol–water partition coefficient (Wildman–Crippen LogP) is 5.36. The number of hydrogen-bond donors (Lipinski definition) is 0. The molecule has 0 amide bonds. The molecule has 3 aromatic rings. The van der Waals surface area contributed by atoms with Crippen LogP contribution in [0.3, 0.4) is 0 Å². The minimum Gasteiger partial charge on any atom is -0.415 e.